The highest BCUT2D eigenvalue weighted by Crippen LogP contribution is 2.04. The number of nitrogens with zero attached hydrogens (tertiary/aromatic N) is 2. The summed E-state index contributed by atoms with van der Waals surface area (Å²) in [6.45, 7) is 5.71. The number of pyridine rings is 1. The van der Waals surface area contributed by atoms with E-state index >= 15 is 0 Å². The molecule has 0 aromatic carbocycles. The Balaban J connectivity index is 2.42. The van der Waals surface area contributed by atoms with Crippen LogP contribution in [0, 0.1) is 0 Å². The number of rotatable bonds is 7. The summed E-state index contributed by atoms with van der Waals surface area (Å²) in [5, 5.41) is 0. The van der Waals surface area contributed by atoms with Crippen molar-refractivity contribution >= 4 is 5.91 Å². The molecular formula is C14H22N2O2. The number of hydrogen-bond donors (Lipinski definition) is 0. The summed E-state index contributed by atoms with van der Waals surface area (Å²) in [4.78, 5) is 17.8. The van der Waals surface area contributed by atoms with Gasteiger partial charge in [0.2, 0.25) is 5.91 Å². The average molecular weight is 250 g/mol. The van der Waals surface area contributed by atoms with Crippen molar-refractivity contribution in [2.75, 3.05) is 20.3 Å². The van der Waals surface area contributed by atoms with Crippen LogP contribution < -0.4 is 0 Å². The van der Waals surface area contributed by atoms with E-state index in [2.05, 4.69) is 18.0 Å². The zero-order chi connectivity index (χ0) is 13.4. The molecule has 0 unspecified atom stereocenters. The number of hydrogen-bond acceptors (Lipinski definition) is 3. The van der Waals surface area contributed by atoms with E-state index in [4.69, 9.17) is 4.74 Å². The molecule has 1 amide bonds. The maximum Gasteiger partial charge on any atom is 0.224 e. The third-order valence-electron chi connectivity index (χ3n) is 2.78. The van der Waals surface area contributed by atoms with E-state index in [1.807, 2.05) is 19.2 Å². The Morgan fingerprint density at radius 3 is 2.72 bits per heavy atom. The van der Waals surface area contributed by atoms with Gasteiger partial charge in [0.25, 0.3) is 0 Å². The summed E-state index contributed by atoms with van der Waals surface area (Å²) in [5.74, 6) is 0.0878. The molecule has 0 aliphatic carbocycles. The third-order valence-corrected chi connectivity index (χ3v) is 2.78. The normalized spacial score (nSPS) is 10.4. The van der Waals surface area contributed by atoms with Crippen LogP contribution in [-0.4, -0.2) is 36.1 Å². The predicted octanol–water partition coefficient (Wildman–Crippen LogP) is 2.03. The summed E-state index contributed by atoms with van der Waals surface area (Å²) >= 11 is 0. The maximum atomic E-state index is 11.8. The number of amides is 1. The molecule has 4 nitrogen and oxygen atoms in total. The number of aryl methyl sites for hydroxylation is 1. The minimum Gasteiger partial charge on any atom is -0.381 e. The summed E-state index contributed by atoms with van der Waals surface area (Å²) in [5.41, 5.74) is 2.13. The van der Waals surface area contributed by atoms with Crippen molar-refractivity contribution in [3.05, 3.63) is 29.6 Å². The smallest absolute Gasteiger partial charge is 0.224 e. The van der Waals surface area contributed by atoms with Crippen LogP contribution in [-0.2, 0) is 22.5 Å². The molecule has 1 heterocycles. The molecule has 0 fully saturated rings. The number of carbonyl (C=O) groups is 1. The van der Waals surface area contributed by atoms with Gasteiger partial charge >= 0.3 is 0 Å². The van der Waals surface area contributed by atoms with Crippen molar-refractivity contribution in [1.29, 1.82) is 0 Å². The quantitative estimate of drug-likeness (QED) is 0.695. The Hall–Kier alpha value is -1.42. The van der Waals surface area contributed by atoms with E-state index in [9.17, 15) is 4.79 Å². The van der Waals surface area contributed by atoms with Gasteiger partial charge in [0.1, 0.15) is 0 Å². The van der Waals surface area contributed by atoms with Crippen LogP contribution in [0.4, 0.5) is 0 Å². The van der Waals surface area contributed by atoms with Crippen LogP contribution in [0.15, 0.2) is 18.3 Å². The fourth-order valence-electron chi connectivity index (χ4n) is 1.58. The predicted molar refractivity (Wildman–Crippen MR) is 71.2 cm³/mol. The SMILES string of the molecule is CCOCCC(=O)N(C)Cc1ccc(CC)cn1. The highest BCUT2D eigenvalue weighted by atomic mass is 16.5. The molecule has 0 spiro atoms. The van der Waals surface area contributed by atoms with Gasteiger partial charge < -0.3 is 9.64 Å². The van der Waals surface area contributed by atoms with Crippen molar-refractivity contribution in [2.24, 2.45) is 0 Å². The molecule has 100 valence electrons. The second-order valence-electron chi connectivity index (χ2n) is 4.21. The average Bonchev–Trinajstić information content (AvgIpc) is 2.39. The van der Waals surface area contributed by atoms with Gasteiger partial charge in [0.15, 0.2) is 0 Å². The Kier molecular flexibility index (Phi) is 6.36. The van der Waals surface area contributed by atoms with Gasteiger partial charge in [0.05, 0.1) is 25.3 Å². The molecule has 4 heteroatoms. The minimum absolute atomic E-state index is 0.0878. The number of ether oxygens (including phenoxy) is 1. The largest absolute Gasteiger partial charge is 0.381 e. The lowest BCUT2D eigenvalue weighted by Gasteiger charge is -2.16. The molecular weight excluding hydrogens is 228 g/mol. The van der Waals surface area contributed by atoms with Crippen LogP contribution in [0.5, 0.6) is 0 Å². The van der Waals surface area contributed by atoms with Gasteiger partial charge in [-0.1, -0.05) is 13.0 Å². The first-order chi connectivity index (χ1) is 8.67. The van der Waals surface area contributed by atoms with Crippen LogP contribution in [0.25, 0.3) is 0 Å². The van der Waals surface area contributed by atoms with Crippen LogP contribution in [0.2, 0.25) is 0 Å². The lowest BCUT2D eigenvalue weighted by atomic mass is 10.2. The Labute approximate surface area is 109 Å². The first-order valence-electron chi connectivity index (χ1n) is 6.42. The van der Waals surface area contributed by atoms with Gasteiger partial charge in [-0.3, -0.25) is 9.78 Å². The van der Waals surface area contributed by atoms with E-state index in [0.29, 0.717) is 26.2 Å². The van der Waals surface area contributed by atoms with E-state index in [0.717, 1.165) is 12.1 Å². The first kappa shape index (κ1) is 14.6. The van der Waals surface area contributed by atoms with E-state index in [1.165, 1.54) is 5.56 Å². The van der Waals surface area contributed by atoms with E-state index in [1.54, 1.807) is 11.9 Å². The van der Waals surface area contributed by atoms with Gasteiger partial charge in [0, 0.05) is 19.9 Å². The van der Waals surface area contributed by atoms with E-state index in [-0.39, 0.29) is 5.91 Å². The van der Waals surface area contributed by atoms with Gasteiger partial charge in [-0.05, 0) is 25.0 Å². The molecule has 1 aromatic rings. The molecule has 0 radical (unpaired) electrons. The summed E-state index contributed by atoms with van der Waals surface area (Å²) in [6, 6.07) is 4.03. The van der Waals surface area contributed by atoms with Crippen molar-refractivity contribution < 1.29 is 9.53 Å². The van der Waals surface area contributed by atoms with Crippen molar-refractivity contribution in [1.82, 2.24) is 9.88 Å². The first-order valence-corrected chi connectivity index (χ1v) is 6.42. The van der Waals surface area contributed by atoms with Crippen LogP contribution in [0.1, 0.15) is 31.5 Å². The van der Waals surface area contributed by atoms with Crippen LogP contribution >= 0.6 is 0 Å². The lowest BCUT2D eigenvalue weighted by molar-refractivity contribution is -0.131. The molecule has 0 aliphatic rings. The van der Waals surface area contributed by atoms with Crippen molar-refractivity contribution in [3.8, 4) is 0 Å². The van der Waals surface area contributed by atoms with Crippen LogP contribution in [0.3, 0.4) is 0 Å². The second-order valence-corrected chi connectivity index (χ2v) is 4.21. The molecule has 1 rings (SSSR count). The Morgan fingerprint density at radius 1 is 1.39 bits per heavy atom. The zero-order valence-corrected chi connectivity index (χ0v) is 11.5. The van der Waals surface area contributed by atoms with Gasteiger partial charge in [-0.15, -0.1) is 0 Å². The van der Waals surface area contributed by atoms with Gasteiger partial charge in [-0.25, -0.2) is 0 Å². The standard InChI is InChI=1S/C14H22N2O2/c1-4-12-6-7-13(15-10-12)11-16(3)14(17)8-9-18-5-2/h6-7,10H,4-5,8-9,11H2,1-3H3. The van der Waals surface area contributed by atoms with Crippen molar-refractivity contribution in [2.45, 2.75) is 33.2 Å². The van der Waals surface area contributed by atoms with E-state index < -0.39 is 0 Å². The molecule has 0 saturated carbocycles. The molecule has 0 saturated heterocycles. The topological polar surface area (TPSA) is 42.4 Å². The fraction of sp³-hybridized carbons (Fsp3) is 0.571. The number of carbonyl (C=O) groups excluding carboxylic acids is 1. The highest BCUT2D eigenvalue weighted by molar-refractivity contribution is 5.75. The maximum absolute atomic E-state index is 11.8. The zero-order valence-electron chi connectivity index (χ0n) is 11.5. The molecule has 18 heavy (non-hydrogen) atoms. The summed E-state index contributed by atoms with van der Waals surface area (Å²) in [7, 11) is 1.80. The Bertz CT molecular complexity index is 363. The molecule has 0 bridgehead atoms. The fourth-order valence-corrected chi connectivity index (χ4v) is 1.58. The lowest BCUT2D eigenvalue weighted by Crippen LogP contribution is -2.27. The third kappa shape index (κ3) is 4.84. The molecule has 0 N–H and O–H groups in total. The highest BCUT2D eigenvalue weighted by Gasteiger charge is 2.09. The van der Waals surface area contributed by atoms with Gasteiger partial charge in [-0.2, -0.15) is 0 Å². The monoisotopic (exact) mass is 250 g/mol. The molecule has 0 atom stereocenters. The molecule has 0 aliphatic heterocycles. The summed E-state index contributed by atoms with van der Waals surface area (Å²) < 4.78 is 5.17. The minimum atomic E-state index is 0.0878. The second kappa shape index (κ2) is 7.82. The molecule has 1 aromatic heterocycles. The summed E-state index contributed by atoms with van der Waals surface area (Å²) in [6.07, 6.45) is 3.28. The Morgan fingerprint density at radius 2 is 2.17 bits per heavy atom. The van der Waals surface area contributed by atoms with Crippen molar-refractivity contribution in [3.63, 3.8) is 0 Å². The number of aromatic nitrogens is 1.